The van der Waals surface area contributed by atoms with Gasteiger partial charge in [-0.25, -0.2) is 4.98 Å². The molecule has 1 spiro atoms. The van der Waals surface area contributed by atoms with Crippen molar-refractivity contribution in [3.63, 3.8) is 0 Å². The zero-order chi connectivity index (χ0) is 41.6. The van der Waals surface area contributed by atoms with E-state index >= 15 is 0 Å². The fraction of sp³-hybridized carbons (Fsp3) is 0.417. The van der Waals surface area contributed by atoms with Crippen LogP contribution in [0.4, 0.5) is 17.1 Å². The van der Waals surface area contributed by atoms with Crippen LogP contribution in [0.25, 0.3) is 16.6 Å². The number of ether oxygens (including phenoxy) is 2. The van der Waals surface area contributed by atoms with Crippen molar-refractivity contribution in [1.82, 2.24) is 19.6 Å². The number of fused-ring (bicyclic) bond motifs is 1. The lowest BCUT2D eigenvalue weighted by atomic mass is 9.59. The maximum absolute atomic E-state index is 14.0. The lowest BCUT2D eigenvalue weighted by Crippen LogP contribution is -2.47. The molecule has 1 amide bonds. The van der Waals surface area contributed by atoms with E-state index in [0.717, 1.165) is 110 Å². The number of nitrogens with zero attached hydrogens (tertiary/aromatic N) is 3. The van der Waals surface area contributed by atoms with Gasteiger partial charge >= 0.3 is 0 Å². The van der Waals surface area contributed by atoms with Crippen LogP contribution in [0.3, 0.4) is 0 Å². The van der Waals surface area contributed by atoms with Crippen molar-refractivity contribution < 1.29 is 14.3 Å². The number of thiol groups is 1. The molecule has 2 aromatic heterocycles. The lowest BCUT2D eigenvalue weighted by molar-refractivity contribution is 0.0699. The van der Waals surface area contributed by atoms with E-state index in [1.807, 2.05) is 48.7 Å². The average Bonchev–Trinajstić information content (AvgIpc) is 3.76. The highest BCUT2D eigenvalue weighted by molar-refractivity contribution is 7.98. The molecule has 3 fully saturated rings. The number of aromatic amines is 1. The van der Waals surface area contributed by atoms with Gasteiger partial charge in [0.15, 0.2) is 0 Å². The van der Waals surface area contributed by atoms with Gasteiger partial charge in [0.25, 0.3) is 5.91 Å². The van der Waals surface area contributed by atoms with Gasteiger partial charge < -0.3 is 30.0 Å². The first-order chi connectivity index (χ1) is 29.9. The molecule has 2 saturated heterocycles. The van der Waals surface area contributed by atoms with Crippen molar-refractivity contribution in [3.05, 3.63) is 107 Å². The second kappa shape index (κ2) is 19.4. The van der Waals surface area contributed by atoms with Crippen LogP contribution < -0.4 is 25.0 Å². The number of amides is 1. The standard InChI is InChI=1S/C48H56ClN7O3S2/c49-37-4-2-34(3-5-37)42-29-48(14-1-15-48)16-10-36(42)32-55-19-21-56(22-20-55)38-6-8-41(45(27-38)59-39-26-35-11-17-51-46(35)53-31-39)47(57)54-61-40-7-9-43(44(28-40)50-18-25-60)52-30-33-12-23-58-24-13-33/h2-9,11,17,26-28,31,33,50,52,60H,1,10,12-16,18-25,29-30,32H2,(H,51,53)(H,54,57). The molecule has 13 heteroatoms. The number of aromatic nitrogens is 2. The van der Waals surface area contributed by atoms with Crippen LogP contribution in [-0.4, -0.2) is 85.6 Å². The van der Waals surface area contributed by atoms with E-state index in [1.165, 1.54) is 56.0 Å². The van der Waals surface area contributed by atoms with Crippen molar-refractivity contribution in [1.29, 1.82) is 0 Å². The van der Waals surface area contributed by atoms with Crippen LogP contribution in [0.2, 0.25) is 5.02 Å². The van der Waals surface area contributed by atoms with Crippen LogP contribution in [0.1, 0.15) is 67.3 Å². The third-order valence-corrected chi connectivity index (χ3v) is 14.4. The van der Waals surface area contributed by atoms with E-state index in [4.69, 9.17) is 21.1 Å². The molecule has 1 saturated carbocycles. The molecule has 0 atom stereocenters. The molecule has 0 bridgehead atoms. The number of rotatable bonds is 15. The Bertz CT molecular complexity index is 2340. The largest absolute Gasteiger partial charge is 0.455 e. The first-order valence-corrected chi connectivity index (χ1v) is 23.7. The molecule has 0 unspecified atom stereocenters. The van der Waals surface area contributed by atoms with E-state index in [-0.39, 0.29) is 5.91 Å². The van der Waals surface area contributed by atoms with Gasteiger partial charge in [-0.1, -0.05) is 35.7 Å². The SMILES string of the molecule is O=C(NSc1ccc(NCC2CCOCC2)c(NCCS)c1)c1ccc(N2CCN(CC3=C(c4ccc(Cl)cc4)CC4(CCC4)CC3)CC2)cc1Oc1cnc2[nH]ccc2c1. The Labute approximate surface area is 374 Å². The van der Waals surface area contributed by atoms with Crippen LogP contribution in [0, 0.1) is 11.3 Å². The van der Waals surface area contributed by atoms with Gasteiger partial charge in [-0.2, -0.15) is 12.6 Å². The predicted molar refractivity (Wildman–Crippen MR) is 254 cm³/mol. The summed E-state index contributed by atoms with van der Waals surface area (Å²) in [5, 5.41) is 8.88. The molecule has 10 nitrogen and oxygen atoms in total. The number of halogens is 1. The average molecular weight is 879 g/mol. The second-order valence-corrected chi connectivity index (χ2v) is 18.8. The third kappa shape index (κ3) is 10.2. The highest BCUT2D eigenvalue weighted by Crippen LogP contribution is 2.55. The normalized spacial score (nSPS) is 18.3. The van der Waals surface area contributed by atoms with Gasteiger partial charge in [0.1, 0.15) is 17.1 Å². The van der Waals surface area contributed by atoms with Crippen LogP contribution in [-0.2, 0) is 4.74 Å². The van der Waals surface area contributed by atoms with Gasteiger partial charge in [-0.3, -0.25) is 14.4 Å². The predicted octanol–water partition coefficient (Wildman–Crippen LogP) is 10.6. The van der Waals surface area contributed by atoms with Crippen molar-refractivity contribution in [2.75, 3.05) is 80.3 Å². The Kier molecular flexibility index (Phi) is 13.3. The molecule has 4 heterocycles. The Morgan fingerprint density at radius 3 is 2.59 bits per heavy atom. The van der Waals surface area contributed by atoms with Gasteiger partial charge in [0.05, 0.1) is 23.1 Å². The molecule has 4 N–H and O–H groups in total. The molecular weight excluding hydrogens is 822 g/mol. The van der Waals surface area contributed by atoms with E-state index in [1.54, 1.807) is 17.3 Å². The molecule has 4 aliphatic rings. The van der Waals surface area contributed by atoms with Crippen LogP contribution >= 0.6 is 36.2 Å². The summed E-state index contributed by atoms with van der Waals surface area (Å²) in [5.74, 6) is 2.12. The number of hydrogen-bond donors (Lipinski definition) is 5. The summed E-state index contributed by atoms with van der Waals surface area (Å²) in [5.41, 5.74) is 9.28. The first-order valence-electron chi connectivity index (χ1n) is 21.9. The minimum absolute atomic E-state index is 0.237. The minimum Gasteiger partial charge on any atom is -0.455 e. The zero-order valence-electron chi connectivity index (χ0n) is 34.7. The highest BCUT2D eigenvalue weighted by Gasteiger charge is 2.41. The fourth-order valence-electron chi connectivity index (χ4n) is 9.35. The van der Waals surface area contributed by atoms with Crippen LogP contribution in [0.15, 0.2) is 95.7 Å². The van der Waals surface area contributed by atoms with Gasteiger partial charge in [0, 0.05) is 98.0 Å². The zero-order valence-corrected chi connectivity index (χ0v) is 37.2. The molecule has 2 aliphatic carbocycles. The van der Waals surface area contributed by atoms with Gasteiger partial charge in [-0.15, -0.1) is 0 Å². The number of hydrogen-bond acceptors (Lipinski definition) is 10. The Hall–Kier alpha value is -4.33. The molecule has 320 valence electrons. The lowest BCUT2D eigenvalue weighted by Gasteiger charge is -2.47. The van der Waals surface area contributed by atoms with Crippen LogP contribution in [0.5, 0.6) is 11.5 Å². The third-order valence-electron chi connectivity index (χ3n) is 13.1. The molecule has 0 radical (unpaired) electrons. The van der Waals surface area contributed by atoms with Crippen molar-refractivity contribution in [2.45, 2.75) is 56.3 Å². The summed E-state index contributed by atoms with van der Waals surface area (Å²) < 4.78 is 15.2. The summed E-state index contributed by atoms with van der Waals surface area (Å²) >= 11 is 12.0. The summed E-state index contributed by atoms with van der Waals surface area (Å²) in [6.07, 6.45) is 13.4. The number of H-pyrrole nitrogens is 1. The number of carbonyl (C=O) groups excluding carboxylic acids is 1. The highest BCUT2D eigenvalue weighted by atomic mass is 35.5. The molecule has 5 aromatic rings. The Morgan fingerprint density at radius 2 is 1.80 bits per heavy atom. The maximum atomic E-state index is 14.0. The van der Waals surface area contributed by atoms with Crippen molar-refractivity contribution in [2.24, 2.45) is 11.3 Å². The number of anilines is 3. The molecule has 2 aliphatic heterocycles. The second-order valence-electron chi connectivity index (χ2n) is 17.1. The summed E-state index contributed by atoms with van der Waals surface area (Å²) in [6, 6.07) is 24.6. The van der Waals surface area contributed by atoms with E-state index in [2.05, 4.69) is 78.1 Å². The number of carbonyl (C=O) groups is 1. The molecule has 9 rings (SSSR count). The van der Waals surface area contributed by atoms with Gasteiger partial charge in [0.2, 0.25) is 0 Å². The molecule has 61 heavy (non-hydrogen) atoms. The maximum Gasteiger partial charge on any atom is 0.265 e. The van der Waals surface area contributed by atoms with E-state index in [9.17, 15) is 4.79 Å². The first kappa shape index (κ1) is 42.0. The number of piperazine rings is 1. The summed E-state index contributed by atoms with van der Waals surface area (Å²) in [7, 11) is 0. The number of pyridine rings is 1. The number of benzene rings is 3. The summed E-state index contributed by atoms with van der Waals surface area (Å²) in [6.45, 7) is 7.96. The Morgan fingerprint density at radius 1 is 0.967 bits per heavy atom. The molecular formula is C48H56ClN7O3S2. The van der Waals surface area contributed by atoms with Crippen molar-refractivity contribution in [3.8, 4) is 11.5 Å². The monoisotopic (exact) mass is 877 g/mol. The number of allylic oxidation sites excluding steroid dienone is 1. The fourth-order valence-corrected chi connectivity index (χ4v) is 10.2. The number of nitrogens with one attached hydrogen (secondary N) is 4. The van der Waals surface area contributed by atoms with Gasteiger partial charge in [-0.05, 0) is 134 Å². The topological polar surface area (TPSA) is 107 Å². The Balaban J connectivity index is 0.892. The van der Waals surface area contributed by atoms with E-state index < -0.39 is 0 Å². The molecule has 3 aromatic carbocycles. The smallest absolute Gasteiger partial charge is 0.265 e. The quantitative estimate of drug-likeness (QED) is 0.0519. The van der Waals surface area contributed by atoms with Crippen molar-refractivity contribution >= 4 is 75.8 Å². The minimum atomic E-state index is -0.237. The summed E-state index contributed by atoms with van der Waals surface area (Å²) in [4.78, 5) is 27.6. The van der Waals surface area contributed by atoms with E-state index in [0.29, 0.717) is 34.1 Å².